The Balaban J connectivity index is 0.00000128. The van der Waals surface area contributed by atoms with E-state index in [1.54, 1.807) is 6.20 Å². The molecule has 0 bridgehead atoms. The van der Waals surface area contributed by atoms with E-state index >= 15 is 0 Å². The number of nitrogens with one attached hydrogen (secondary N) is 2. The zero-order chi connectivity index (χ0) is 10.8. The number of hydrogen-bond donors (Lipinski definition) is 3. The summed E-state index contributed by atoms with van der Waals surface area (Å²) in [6.45, 7) is 5.35. The molecule has 1 unspecified atom stereocenters. The van der Waals surface area contributed by atoms with E-state index in [9.17, 15) is 5.11 Å². The van der Waals surface area contributed by atoms with E-state index in [1.807, 2.05) is 13.8 Å². The van der Waals surface area contributed by atoms with Crippen molar-refractivity contribution in [2.45, 2.75) is 32.5 Å². The molecular formula is C10H17ClN4O. The first-order valence-corrected chi connectivity index (χ1v) is 5.18. The van der Waals surface area contributed by atoms with Crippen LogP contribution in [-0.4, -0.2) is 27.7 Å². The van der Waals surface area contributed by atoms with Crippen molar-refractivity contribution in [3.63, 3.8) is 0 Å². The first kappa shape index (κ1) is 13.2. The number of anilines is 1. The molecule has 1 atom stereocenters. The molecule has 5 nitrogen and oxygen atoms in total. The molecule has 2 heterocycles. The minimum atomic E-state index is -0.484. The molecular weight excluding hydrogens is 228 g/mol. The SMILES string of the molecule is CC(C)Nc1ncc2c(n1)CNCC2O.Cl. The van der Waals surface area contributed by atoms with Crippen molar-refractivity contribution in [3.8, 4) is 0 Å². The number of hydrogen-bond acceptors (Lipinski definition) is 5. The molecule has 16 heavy (non-hydrogen) atoms. The minimum Gasteiger partial charge on any atom is -0.387 e. The van der Waals surface area contributed by atoms with Gasteiger partial charge < -0.3 is 15.7 Å². The van der Waals surface area contributed by atoms with Crippen LogP contribution in [0.2, 0.25) is 0 Å². The van der Waals surface area contributed by atoms with Gasteiger partial charge in [0.25, 0.3) is 0 Å². The smallest absolute Gasteiger partial charge is 0.223 e. The van der Waals surface area contributed by atoms with Crippen molar-refractivity contribution >= 4 is 18.4 Å². The van der Waals surface area contributed by atoms with Crippen molar-refractivity contribution < 1.29 is 5.11 Å². The van der Waals surface area contributed by atoms with E-state index in [1.165, 1.54) is 0 Å². The summed E-state index contributed by atoms with van der Waals surface area (Å²) in [5.41, 5.74) is 1.72. The molecule has 1 aromatic heterocycles. The van der Waals surface area contributed by atoms with Crippen LogP contribution in [0.5, 0.6) is 0 Å². The summed E-state index contributed by atoms with van der Waals surface area (Å²) in [5, 5.41) is 15.9. The molecule has 6 heteroatoms. The van der Waals surface area contributed by atoms with Crippen molar-refractivity contribution in [2.24, 2.45) is 0 Å². The highest BCUT2D eigenvalue weighted by Gasteiger charge is 2.19. The Morgan fingerprint density at radius 1 is 1.56 bits per heavy atom. The van der Waals surface area contributed by atoms with Gasteiger partial charge in [-0.05, 0) is 13.8 Å². The Bertz CT molecular complexity index is 359. The van der Waals surface area contributed by atoms with E-state index < -0.39 is 6.10 Å². The van der Waals surface area contributed by atoms with Gasteiger partial charge in [0.15, 0.2) is 0 Å². The molecule has 0 saturated heterocycles. The molecule has 1 aliphatic heterocycles. The van der Waals surface area contributed by atoms with Gasteiger partial charge >= 0.3 is 0 Å². The summed E-state index contributed by atoms with van der Waals surface area (Å²) < 4.78 is 0. The van der Waals surface area contributed by atoms with Gasteiger partial charge in [0.05, 0.1) is 11.8 Å². The quantitative estimate of drug-likeness (QED) is 0.720. The molecule has 90 valence electrons. The van der Waals surface area contributed by atoms with Crippen LogP contribution in [0, 0.1) is 0 Å². The van der Waals surface area contributed by atoms with Crippen molar-refractivity contribution in [2.75, 3.05) is 11.9 Å². The fraction of sp³-hybridized carbons (Fsp3) is 0.600. The predicted molar refractivity (Wildman–Crippen MR) is 64.7 cm³/mol. The van der Waals surface area contributed by atoms with Crippen molar-refractivity contribution in [1.29, 1.82) is 0 Å². The van der Waals surface area contributed by atoms with Crippen LogP contribution in [0.15, 0.2) is 6.20 Å². The van der Waals surface area contributed by atoms with Crippen LogP contribution in [0.4, 0.5) is 5.95 Å². The fourth-order valence-corrected chi connectivity index (χ4v) is 1.61. The van der Waals surface area contributed by atoms with Crippen LogP contribution in [-0.2, 0) is 6.54 Å². The summed E-state index contributed by atoms with van der Waals surface area (Å²) in [6, 6.07) is 0.310. The van der Waals surface area contributed by atoms with E-state index in [0.29, 0.717) is 25.1 Å². The minimum absolute atomic E-state index is 0. The number of rotatable bonds is 2. The molecule has 3 N–H and O–H groups in total. The fourth-order valence-electron chi connectivity index (χ4n) is 1.61. The third-order valence-corrected chi connectivity index (χ3v) is 2.31. The highest BCUT2D eigenvalue weighted by Crippen LogP contribution is 2.20. The second-order valence-electron chi connectivity index (χ2n) is 4.04. The molecule has 0 radical (unpaired) electrons. The molecule has 0 spiro atoms. The van der Waals surface area contributed by atoms with Crippen molar-refractivity contribution in [3.05, 3.63) is 17.5 Å². The number of aliphatic hydroxyl groups is 1. The lowest BCUT2D eigenvalue weighted by Gasteiger charge is -2.21. The summed E-state index contributed by atoms with van der Waals surface area (Å²) >= 11 is 0. The van der Waals surface area contributed by atoms with E-state index in [2.05, 4.69) is 20.6 Å². The van der Waals surface area contributed by atoms with Crippen molar-refractivity contribution in [1.82, 2.24) is 15.3 Å². The maximum Gasteiger partial charge on any atom is 0.223 e. The van der Waals surface area contributed by atoms with Crippen LogP contribution < -0.4 is 10.6 Å². The summed E-state index contributed by atoms with van der Waals surface area (Å²) in [5.74, 6) is 0.625. The number of β-amino-alcohol motifs (C(OH)–C–C–N with tert-alkyl or cyclic N) is 1. The predicted octanol–water partition coefficient (Wildman–Crippen LogP) is 0.855. The normalized spacial score (nSPS) is 18.9. The van der Waals surface area contributed by atoms with Gasteiger partial charge in [-0.1, -0.05) is 0 Å². The van der Waals surface area contributed by atoms with Crippen LogP contribution in [0.1, 0.15) is 31.2 Å². The standard InChI is InChI=1S/C10H16N4O.ClH/c1-6(2)13-10-12-3-7-8(14-10)4-11-5-9(7)15;/h3,6,9,11,15H,4-5H2,1-2H3,(H,12,13,14);1H. The van der Waals surface area contributed by atoms with E-state index in [-0.39, 0.29) is 12.4 Å². The Morgan fingerprint density at radius 2 is 2.31 bits per heavy atom. The van der Waals surface area contributed by atoms with E-state index in [4.69, 9.17) is 0 Å². The Kier molecular flexibility index (Phi) is 4.46. The molecule has 0 aromatic carbocycles. The average molecular weight is 245 g/mol. The summed E-state index contributed by atoms with van der Waals surface area (Å²) in [6.07, 6.45) is 1.22. The monoisotopic (exact) mass is 244 g/mol. The largest absolute Gasteiger partial charge is 0.387 e. The maximum atomic E-state index is 9.67. The first-order valence-electron chi connectivity index (χ1n) is 5.18. The highest BCUT2D eigenvalue weighted by molar-refractivity contribution is 5.85. The molecule has 1 aromatic rings. The molecule has 0 fully saturated rings. The lowest BCUT2D eigenvalue weighted by Crippen LogP contribution is -2.29. The molecule has 2 rings (SSSR count). The van der Waals surface area contributed by atoms with Gasteiger partial charge in [0, 0.05) is 30.9 Å². The number of aromatic nitrogens is 2. The number of fused-ring (bicyclic) bond motifs is 1. The average Bonchev–Trinajstić information content (AvgIpc) is 2.17. The molecule has 0 aliphatic carbocycles. The Labute approximate surface area is 101 Å². The van der Waals surface area contributed by atoms with Gasteiger partial charge in [0.1, 0.15) is 0 Å². The zero-order valence-corrected chi connectivity index (χ0v) is 10.2. The summed E-state index contributed by atoms with van der Waals surface area (Å²) in [4.78, 5) is 8.53. The Morgan fingerprint density at radius 3 is 3.00 bits per heavy atom. The second kappa shape index (κ2) is 5.43. The lowest BCUT2D eigenvalue weighted by molar-refractivity contribution is 0.163. The van der Waals surface area contributed by atoms with Gasteiger partial charge in [-0.3, -0.25) is 0 Å². The van der Waals surface area contributed by atoms with Crippen LogP contribution >= 0.6 is 12.4 Å². The number of halogens is 1. The molecule has 1 aliphatic rings. The van der Waals surface area contributed by atoms with Gasteiger partial charge in [-0.25, -0.2) is 9.97 Å². The number of aliphatic hydroxyl groups excluding tert-OH is 1. The topological polar surface area (TPSA) is 70.1 Å². The van der Waals surface area contributed by atoms with E-state index in [0.717, 1.165) is 11.3 Å². The lowest BCUT2D eigenvalue weighted by atomic mass is 10.1. The molecule has 0 amide bonds. The molecule has 0 saturated carbocycles. The van der Waals surface area contributed by atoms with Crippen LogP contribution in [0.3, 0.4) is 0 Å². The second-order valence-corrected chi connectivity index (χ2v) is 4.04. The third kappa shape index (κ3) is 2.81. The Hall–Kier alpha value is -0.910. The highest BCUT2D eigenvalue weighted by atomic mass is 35.5. The summed E-state index contributed by atoms with van der Waals surface area (Å²) in [7, 11) is 0. The van der Waals surface area contributed by atoms with Gasteiger partial charge in [-0.15, -0.1) is 12.4 Å². The van der Waals surface area contributed by atoms with Crippen LogP contribution in [0.25, 0.3) is 0 Å². The number of nitrogens with zero attached hydrogens (tertiary/aromatic N) is 2. The van der Waals surface area contributed by atoms with Gasteiger partial charge in [-0.2, -0.15) is 0 Å². The first-order chi connectivity index (χ1) is 7.16. The third-order valence-electron chi connectivity index (χ3n) is 2.31. The maximum absolute atomic E-state index is 9.67. The van der Waals surface area contributed by atoms with Gasteiger partial charge in [0.2, 0.25) is 5.95 Å². The zero-order valence-electron chi connectivity index (χ0n) is 9.40.